The number of ether oxygens (including phenoxy) is 2. The van der Waals surface area contributed by atoms with Crippen LogP contribution in [0.4, 0.5) is 0 Å². The first-order valence-corrected chi connectivity index (χ1v) is 4.98. The van der Waals surface area contributed by atoms with Crippen LogP contribution in [0, 0.1) is 0 Å². The number of methoxy groups -OCH3 is 1. The summed E-state index contributed by atoms with van der Waals surface area (Å²) in [5.74, 6) is 1.53. The molecule has 1 aliphatic heterocycles. The summed E-state index contributed by atoms with van der Waals surface area (Å²) in [6, 6.07) is 7.75. The summed E-state index contributed by atoms with van der Waals surface area (Å²) in [5.41, 5.74) is 0.859. The van der Waals surface area contributed by atoms with Crippen LogP contribution in [0.2, 0.25) is 0 Å². The Morgan fingerprint density at radius 1 is 1.38 bits per heavy atom. The normalized spacial score (nSPS) is 17.1. The molecule has 0 unspecified atom stereocenters. The average Bonchev–Trinajstić information content (AvgIpc) is 2.59. The highest BCUT2D eigenvalue weighted by molar-refractivity contribution is 5.95. The minimum absolute atomic E-state index is 0. The summed E-state index contributed by atoms with van der Waals surface area (Å²) < 4.78 is 10.7. The summed E-state index contributed by atoms with van der Waals surface area (Å²) in [6.45, 7) is 4.75. The lowest BCUT2D eigenvalue weighted by Crippen LogP contribution is -2.17. The van der Waals surface area contributed by atoms with Crippen LogP contribution in [0.1, 0.15) is 19.4 Å². The van der Waals surface area contributed by atoms with Gasteiger partial charge in [0.25, 0.3) is 0 Å². The van der Waals surface area contributed by atoms with E-state index < -0.39 is 0 Å². The van der Waals surface area contributed by atoms with Gasteiger partial charge in [0, 0.05) is 5.56 Å². The summed E-state index contributed by atoms with van der Waals surface area (Å²) >= 11 is 0. The minimum Gasteiger partial charge on any atom is -0.497 e. The van der Waals surface area contributed by atoms with Gasteiger partial charge in [-0.2, -0.15) is 0 Å². The maximum absolute atomic E-state index is 5.55. The topological polar surface area (TPSA) is 30.8 Å². The molecule has 1 heterocycles. The highest BCUT2D eigenvalue weighted by Gasteiger charge is 2.26. The highest BCUT2D eigenvalue weighted by atomic mass is 35.5. The van der Waals surface area contributed by atoms with Gasteiger partial charge in [0.05, 0.1) is 12.6 Å². The Kier molecular flexibility index (Phi) is 3.81. The van der Waals surface area contributed by atoms with Crippen molar-refractivity contribution in [2.24, 2.45) is 4.99 Å². The second kappa shape index (κ2) is 4.74. The van der Waals surface area contributed by atoms with E-state index in [0.29, 0.717) is 12.5 Å². The molecular weight excluding hydrogens is 226 g/mol. The Morgan fingerprint density at radius 2 is 2.12 bits per heavy atom. The quantitative estimate of drug-likeness (QED) is 0.797. The van der Waals surface area contributed by atoms with Crippen molar-refractivity contribution in [1.29, 1.82) is 0 Å². The average molecular weight is 242 g/mol. The van der Waals surface area contributed by atoms with Gasteiger partial charge in [0.15, 0.2) is 0 Å². The van der Waals surface area contributed by atoms with E-state index in [0.717, 1.165) is 11.3 Å². The van der Waals surface area contributed by atoms with Gasteiger partial charge in [-0.15, -0.1) is 12.4 Å². The maximum Gasteiger partial charge on any atom is 0.216 e. The second-order valence-corrected chi connectivity index (χ2v) is 4.25. The molecule has 0 atom stereocenters. The molecule has 0 radical (unpaired) electrons. The van der Waals surface area contributed by atoms with Crippen molar-refractivity contribution in [2.75, 3.05) is 13.7 Å². The lowest BCUT2D eigenvalue weighted by Gasteiger charge is -2.07. The van der Waals surface area contributed by atoms with Crippen LogP contribution in [0.3, 0.4) is 0 Å². The van der Waals surface area contributed by atoms with Crippen molar-refractivity contribution < 1.29 is 9.47 Å². The van der Waals surface area contributed by atoms with Crippen LogP contribution in [0.25, 0.3) is 0 Å². The standard InChI is InChI=1S/C12H15NO2.ClH/c1-12(2)8-15-11(13-12)9-5-4-6-10(7-9)14-3;/h4-7H,8H2,1-3H3;1H. The van der Waals surface area contributed by atoms with E-state index >= 15 is 0 Å². The van der Waals surface area contributed by atoms with Crippen molar-refractivity contribution in [2.45, 2.75) is 19.4 Å². The van der Waals surface area contributed by atoms with E-state index in [9.17, 15) is 0 Å². The number of halogens is 1. The number of hydrogen-bond acceptors (Lipinski definition) is 3. The van der Waals surface area contributed by atoms with Crippen LogP contribution in [0.15, 0.2) is 29.3 Å². The molecule has 1 aromatic rings. The molecule has 1 aliphatic rings. The molecule has 0 saturated heterocycles. The van der Waals surface area contributed by atoms with Crippen molar-refractivity contribution in [3.8, 4) is 5.75 Å². The summed E-state index contributed by atoms with van der Waals surface area (Å²) in [6.07, 6.45) is 0. The van der Waals surface area contributed by atoms with E-state index in [-0.39, 0.29) is 17.9 Å². The van der Waals surface area contributed by atoms with E-state index in [1.807, 2.05) is 24.3 Å². The van der Waals surface area contributed by atoms with E-state index in [2.05, 4.69) is 18.8 Å². The van der Waals surface area contributed by atoms with Gasteiger partial charge < -0.3 is 9.47 Å². The molecule has 16 heavy (non-hydrogen) atoms. The van der Waals surface area contributed by atoms with Gasteiger partial charge in [-0.25, -0.2) is 4.99 Å². The molecule has 0 spiro atoms. The maximum atomic E-state index is 5.55. The fourth-order valence-corrected chi connectivity index (χ4v) is 1.49. The number of nitrogens with zero attached hydrogens (tertiary/aromatic N) is 1. The highest BCUT2D eigenvalue weighted by Crippen LogP contribution is 2.22. The summed E-state index contributed by atoms with van der Waals surface area (Å²) in [7, 11) is 1.65. The van der Waals surface area contributed by atoms with E-state index in [1.54, 1.807) is 7.11 Å². The zero-order valence-corrected chi connectivity index (χ0v) is 10.5. The van der Waals surface area contributed by atoms with Gasteiger partial charge in [0.1, 0.15) is 12.4 Å². The van der Waals surface area contributed by atoms with Gasteiger partial charge in [-0.1, -0.05) is 6.07 Å². The number of rotatable bonds is 2. The van der Waals surface area contributed by atoms with Gasteiger partial charge in [-0.05, 0) is 32.0 Å². The molecule has 0 aromatic heterocycles. The zero-order chi connectivity index (χ0) is 10.9. The first kappa shape index (κ1) is 12.8. The third kappa shape index (κ3) is 2.67. The molecular formula is C12H16ClNO2. The second-order valence-electron chi connectivity index (χ2n) is 4.25. The van der Waals surface area contributed by atoms with Crippen LogP contribution < -0.4 is 4.74 Å². The third-order valence-corrected chi connectivity index (χ3v) is 2.28. The van der Waals surface area contributed by atoms with Crippen molar-refractivity contribution >= 4 is 18.3 Å². The first-order valence-electron chi connectivity index (χ1n) is 4.98. The summed E-state index contributed by atoms with van der Waals surface area (Å²) in [5, 5.41) is 0. The number of hydrogen-bond donors (Lipinski definition) is 0. The molecule has 0 amide bonds. The SMILES string of the molecule is COc1cccc(C2=NC(C)(C)CO2)c1.Cl. The summed E-state index contributed by atoms with van der Waals surface area (Å²) in [4.78, 5) is 4.50. The van der Waals surface area contributed by atoms with Crippen LogP contribution >= 0.6 is 12.4 Å². The first-order chi connectivity index (χ1) is 7.11. The minimum atomic E-state index is -0.113. The third-order valence-electron chi connectivity index (χ3n) is 2.28. The molecule has 1 aromatic carbocycles. The van der Waals surface area contributed by atoms with E-state index in [4.69, 9.17) is 9.47 Å². The Balaban J connectivity index is 0.00000128. The largest absolute Gasteiger partial charge is 0.497 e. The van der Waals surface area contributed by atoms with Crippen molar-refractivity contribution in [1.82, 2.24) is 0 Å². The van der Waals surface area contributed by atoms with Gasteiger partial charge in [-0.3, -0.25) is 0 Å². The Bertz CT molecular complexity index is 402. The Hall–Kier alpha value is -1.22. The fraction of sp³-hybridized carbons (Fsp3) is 0.417. The smallest absolute Gasteiger partial charge is 0.216 e. The van der Waals surface area contributed by atoms with Crippen molar-refractivity contribution in [3.63, 3.8) is 0 Å². The molecule has 0 fully saturated rings. The molecule has 0 N–H and O–H groups in total. The molecule has 2 rings (SSSR count). The molecule has 3 nitrogen and oxygen atoms in total. The number of aliphatic imine (C=N–C) groups is 1. The van der Waals surface area contributed by atoms with Gasteiger partial charge in [0.2, 0.25) is 5.90 Å². The fourth-order valence-electron chi connectivity index (χ4n) is 1.49. The van der Waals surface area contributed by atoms with Crippen molar-refractivity contribution in [3.05, 3.63) is 29.8 Å². The molecule has 0 bridgehead atoms. The molecule has 0 aliphatic carbocycles. The molecule has 88 valence electrons. The number of benzene rings is 1. The van der Waals surface area contributed by atoms with Crippen LogP contribution in [-0.2, 0) is 4.74 Å². The van der Waals surface area contributed by atoms with Crippen LogP contribution in [0.5, 0.6) is 5.75 Å². The monoisotopic (exact) mass is 241 g/mol. The lowest BCUT2D eigenvalue weighted by molar-refractivity contribution is 0.279. The predicted octanol–water partition coefficient (Wildman–Crippen LogP) is 2.67. The predicted molar refractivity (Wildman–Crippen MR) is 66.8 cm³/mol. The van der Waals surface area contributed by atoms with Crippen LogP contribution in [-0.4, -0.2) is 25.2 Å². The Labute approximate surface area is 102 Å². The zero-order valence-electron chi connectivity index (χ0n) is 9.69. The molecule has 4 heteroatoms. The van der Waals surface area contributed by atoms with E-state index in [1.165, 1.54) is 0 Å². The lowest BCUT2D eigenvalue weighted by atomic mass is 10.1. The Morgan fingerprint density at radius 3 is 2.69 bits per heavy atom. The van der Waals surface area contributed by atoms with Gasteiger partial charge >= 0.3 is 0 Å². The molecule has 0 saturated carbocycles.